The van der Waals surface area contributed by atoms with Gasteiger partial charge in [-0.05, 0) is 12.0 Å². The molecule has 0 radical (unpaired) electrons. The van der Waals surface area contributed by atoms with Gasteiger partial charge in [0.15, 0.2) is 18.9 Å². The van der Waals surface area contributed by atoms with Gasteiger partial charge in [0.1, 0.15) is 6.10 Å². The summed E-state index contributed by atoms with van der Waals surface area (Å²) in [7, 11) is -4.17. The van der Waals surface area contributed by atoms with Gasteiger partial charge in [0, 0.05) is 17.9 Å². The van der Waals surface area contributed by atoms with Crippen molar-refractivity contribution >= 4 is 21.7 Å². The van der Waals surface area contributed by atoms with Gasteiger partial charge < -0.3 is 9.66 Å². The topological polar surface area (TPSA) is 81.3 Å². The second-order valence-electron chi connectivity index (χ2n) is 3.72. The van der Waals surface area contributed by atoms with E-state index >= 15 is 0 Å². The largest absolute Gasteiger partial charge is 0.748 e. The first-order chi connectivity index (χ1) is 7.90. The van der Waals surface area contributed by atoms with Crippen molar-refractivity contribution in [2.45, 2.75) is 19.1 Å². The molecule has 17 heavy (non-hydrogen) atoms. The minimum absolute atomic E-state index is 0.156. The SMILES string of the molecule is O=S(=O)([O-])CCc1cc[n+](CC(O)CCl)cc1. The highest BCUT2D eigenvalue weighted by Gasteiger charge is 2.09. The van der Waals surface area contributed by atoms with Crippen LogP contribution in [-0.4, -0.2) is 35.8 Å². The lowest BCUT2D eigenvalue weighted by molar-refractivity contribution is -0.703. The van der Waals surface area contributed by atoms with Crippen LogP contribution in [0.15, 0.2) is 24.5 Å². The number of aliphatic hydroxyl groups is 1. The zero-order valence-corrected chi connectivity index (χ0v) is 10.7. The number of aliphatic hydroxyl groups excluding tert-OH is 1. The van der Waals surface area contributed by atoms with Crippen molar-refractivity contribution in [3.05, 3.63) is 30.1 Å². The summed E-state index contributed by atoms with van der Waals surface area (Å²) >= 11 is 5.47. The third-order valence-electron chi connectivity index (χ3n) is 2.20. The average molecular weight is 280 g/mol. The minimum atomic E-state index is -4.17. The fourth-order valence-corrected chi connectivity index (χ4v) is 1.89. The number of hydrogen-bond donors (Lipinski definition) is 1. The molecule has 0 bridgehead atoms. The standard InChI is InChI=1S/C10H14ClNO4S/c11-7-10(13)8-12-4-1-9(2-5-12)3-6-17(14,15)16/h1-2,4-5,10,13H,3,6-8H2. The van der Waals surface area contributed by atoms with Crippen LogP contribution in [0.25, 0.3) is 0 Å². The van der Waals surface area contributed by atoms with Crippen LogP contribution >= 0.6 is 11.6 Å². The maximum absolute atomic E-state index is 10.4. The van der Waals surface area contributed by atoms with Gasteiger partial charge in [-0.25, -0.2) is 13.0 Å². The van der Waals surface area contributed by atoms with Crippen LogP contribution < -0.4 is 4.57 Å². The van der Waals surface area contributed by atoms with Crippen LogP contribution in [0.3, 0.4) is 0 Å². The summed E-state index contributed by atoms with van der Waals surface area (Å²) in [6.07, 6.45) is 3.00. The van der Waals surface area contributed by atoms with Gasteiger partial charge >= 0.3 is 0 Å². The summed E-state index contributed by atoms with van der Waals surface area (Å²) in [5, 5.41) is 9.32. The van der Waals surface area contributed by atoms with E-state index in [1.54, 1.807) is 29.1 Å². The number of nitrogens with zero attached hydrogens (tertiary/aromatic N) is 1. The highest BCUT2D eigenvalue weighted by molar-refractivity contribution is 7.85. The molecule has 1 atom stereocenters. The predicted octanol–water partition coefficient (Wildman–Crippen LogP) is -0.338. The van der Waals surface area contributed by atoms with E-state index < -0.39 is 22.0 Å². The van der Waals surface area contributed by atoms with Crippen molar-refractivity contribution in [3.63, 3.8) is 0 Å². The quantitative estimate of drug-likeness (QED) is 0.439. The van der Waals surface area contributed by atoms with E-state index in [9.17, 15) is 18.1 Å². The molecule has 1 aromatic heterocycles. The number of aromatic nitrogens is 1. The number of rotatable bonds is 6. The van der Waals surface area contributed by atoms with Gasteiger partial charge in [-0.15, -0.1) is 11.6 Å². The molecule has 96 valence electrons. The molecule has 0 saturated heterocycles. The van der Waals surface area contributed by atoms with E-state index in [4.69, 9.17) is 11.6 Å². The van der Waals surface area contributed by atoms with Crippen molar-refractivity contribution in [1.29, 1.82) is 0 Å². The van der Waals surface area contributed by atoms with Gasteiger partial charge in [0.05, 0.1) is 16.0 Å². The summed E-state index contributed by atoms with van der Waals surface area (Å²) in [6.45, 7) is 0.379. The number of aryl methyl sites for hydroxylation is 1. The van der Waals surface area contributed by atoms with Crippen molar-refractivity contribution < 1.29 is 22.6 Å². The molecule has 1 N–H and O–H groups in total. The molecule has 1 aromatic rings. The van der Waals surface area contributed by atoms with Crippen molar-refractivity contribution in [1.82, 2.24) is 0 Å². The van der Waals surface area contributed by atoms with E-state index in [1.165, 1.54) is 0 Å². The molecule has 1 heterocycles. The highest BCUT2D eigenvalue weighted by Crippen LogP contribution is 1.99. The third-order valence-corrected chi connectivity index (χ3v) is 3.26. The zero-order chi connectivity index (χ0) is 12.9. The van der Waals surface area contributed by atoms with Crippen LogP contribution in [0.4, 0.5) is 0 Å². The number of pyridine rings is 1. The molecule has 0 amide bonds. The van der Waals surface area contributed by atoms with E-state index in [-0.39, 0.29) is 12.3 Å². The smallest absolute Gasteiger partial charge is 0.175 e. The maximum atomic E-state index is 10.4. The van der Waals surface area contributed by atoms with Gasteiger partial charge in [-0.2, -0.15) is 0 Å². The molecule has 7 heteroatoms. The molecule has 0 spiro atoms. The lowest BCUT2D eigenvalue weighted by Crippen LogP contribution is -2.39. The Morgan fingerprint density at radius 3 is 2.47 bits per heavy atom. The summed E-state index contributed by atoms with van der Waals surface area (Å²) in [5.41, 5.74) is 0.765. The third kappa shape index (κ3) is 5.97. The molecular formula is C10H14ClNO4S. The first-order valence-corrected chi connectivity index (χ1v) is 7.17. The predicted molar refractivity (Wildman–Crippen MR) is 61.6 cm³/mol. The Bertz CT molecular complexity index is 446. The lowest BCUT2D eigenvalue weighted by atomic mass is 10.2. The molecule has 0 aliphatic carbocycles. The van der Waals surface area contributed by atoms with Crippen molar-refractivity contribution in [3.8, 4) is 0 Å². The number of halogens is 1. The van der Waals surface area contributed by atoms with E-state index in [1.807, 2.05) is 0 Å². The molecule has 1 unspecified atom stereocenters. The zero-order valence-electron chi connectivity index (χ0n) is 9.12. The maximum Gasteiger partial charge on any atom is 0.175 e. The monoisotopic (exact) mass is 279 g/mol. The molecule has 0 fully saturated rings. The van der Waals surface area contributed by atoms with Crippen molar-refractivity contribution in [2.75, 3.05) is 11.6 Å². The van der Waals surface area contributed by atoms with Crippen LogP contribution in [0, 0.1) is 0 Å². The Kier molecular flexibility index (Phi) is 5.32. The lowest BCUT2D eigenvalue weighted by Gasteiger charge is -2.06. The van der Waals surface area contributed by atoms with Gasteiger partial charge in [0.25, 0.3) is 0 Å². The van der Waals surface area contributed by atoms with Crippen LogP contribution in [0.2, 0.25) is 0 Å². The van der Waals surface area contributed by atoms with Gasteiger partial charge in [0.2, 0.25) is 0 Å². The molecule has 0 aliphatic heterocycles. The first kappa shape index (κ1) is 14.4. The first-order valence-electron chi connectivity index (χ1n) is 5.06. The fraction of sp³-hybridized carbons (Fsp3) is 0.500. The van der Waals surface area contributed by atoms with E-state index in [0.29, 0.717) is 6.54 Å². The molecule has 0 saturated carbocycles. The number of alkyl halides is 1. The summed E-state index contributed by atoms with van der Waals surface area (Å²) in [4.78, 5) is 0. The van der Waals surface area contributed by atoms with Crippen LogP contribution in [0.5, 0.6) is 0 Å². The Hall–Kier alpha value is -0.690. The second kappa shape index (κ2) is 6.30. The number of hydrogen-bond acceptors (Lipinski definition) is 4. The Morgan fingerprint density at radius 1 is 1.41 bits per heavy atom. The Morgan fingerprint density at radius 2 is 2.00 bits per heavy atom. The molecule has 0 aromatic carbocycles. The van der Waals surface area contributed by atoms with Crippen LogP contribution in [0.1, 0.15) is 5.56 Å². The molecular weight excluding hydrogens is 266 g/mol. The second-order valence-corrected chi connectivity index (χ2v) is 5.56. The highest BCUT2D eigenvalue weighted by atomic mass is 35.5. The van der Waals surface area contributed by atoms with E-state index in [2.05, 4.69) is 0 Å². The summed E-state index contributed by atoms with van der Waals surface area (Å²) < 4.78 is 33.1. The molecule has 5 nitrogen and oxygen atoms in total. The van der Waals surface area contributed by atoms with Gasteiger partial charge in [-0.1, -0.05) is 0 Å². The average Bonchev–Trinajstić information content (AvgIpc) is 2.27. The molecule has 0 aliphatic rings. The fourth-order valence-electron chi connectivity index (χ4n) is 1.31. The normalized spacial score (nSPS) is 13.6. The Labute approximate surface area is 105 Å². The van der Waals surface area contributed by atoms with Crippen LogP contribution in [-0.2, 0) is 23.1 Å². The van der Waals surface area contributed by atoms with E-state index in [0.717, 1.165) is 5.56 Å². The summed E-state index contributed by atoms with van der Waals surface area (Å²) in [5.74, 6) is -0.246. The van der Waals surface area contributed by atoms with Gasteiger partial charge in [-0.3, -0.25) is 0 Å². The van der Waals surface area contributed by atoms with Crippen molar-refractivity contribution in [2.24, 2.45) is 0 Å². The molecule has 1 rings (SSSR count). The minimum Gasteiger partial charge on any atom is -0.748 e. The summed E-state index contributed by atoms with van der Waals surface area (Å²) in [6, 6.07) is 3.43. The Balaban J connectivity index is 2.56.